The van der Waals surface area contributed by atoms with Gasteiger partial charge in [-0.3, -0.25) is 10.1 Å². The van der Waals surface area contributed by atoms with Crippen molar-refractivity contribution >= 4 is 15.5 Å². The van der Waals surface area contributed by atoms with E-state index in [1.165, 1.54) is 12.1 Å². The van der Waals surface area contributed by atoms with Crippen LogP contribution >= 0.6 is 0 Å². The summed E-state index contributed by atoms with van der Waals surface area (Å²) >= 11 is 0. The Bertz CT molecular complexity index is 596. The normalized spacial score (nSPS) is 13.4. The molecule has 0 heterocycles. The topological polar surface area (TPSA) is 89.3 Å². The molecule has 20 heavy (non-hydrogen) atoms. The van der Waals surface area contributed by atoms with Crippen LogP contribution in [0.15, 0.2) is 23.1 Å². The summed E-state index contributed by atoms with van der Waals surface area (Å²) in [7, 11) is -1.64. The highest BCUT2D eigenvalue weighted by molar-refractivity contribution is 7.90. The van der Waals surface area contributed by atoms with Crippen molar-refractivity contribution in [3.8, 4) is 0 Å². The molecule has 1 aromatic carbocycles. The summed E-state index contributed by atoms with van der Waals surface area (Å²) in [6, 6.07) is 4.18. The van der Waals surface area contributed by atoms with Crippen molar-refractivity contribution < 1.29 is 13.3 Å². The Morgan fingerprint density at radius 3 is 2.35 bits per heavy atom. The molecule has 1 rings (SSSR count). The molecule has 7 heteroatoms. The van der Waals surface area contributed by atoms with Crippen LogP contribution in [0.25, 0.3) is 0 Å². The summed E-state index contributed by atoms with van der Waals surface area (Å²) in [5.41, 5.74) is 0.393. The Labute approximate surface area is 119 Å². The molecule has 0 radical (unpaired) electrons. The van der Waals surface area contributed by atoms with Crippen LogP contribution in [0.5, 0.6) is 0 Å². The molecule has 0 aliphatic heterocycles. The first kappa shape index (κ1) is 16.6. The standard InChI is InChI=1S/C13H20N2O4S/c1-9(2)12(14-3)7-10-5-6-11(20(4,18)19)8-13(10)15(16)17/h5-6,8-9,12,14H,7H2,1-4H3. The molecule has 0 spiro atoms. The van der Waals surface area contributed by atoms with Gasteiger partial charge >= 0.3 is 0 Å². The Balaban J connectivity index is 3.24. The minimum atomic E-state index is -3.45. The lowest BCUT2D eigenvalue weighted by molar-refractivity contribution is -0.385. The number of hydrogen-bond acceptors (Lipinski definition) is 5. The molecule has 0 aromatic heterocycles. The van der Waals surface area contributed by atoms with Gasteiger partial charge in [-0.1, -0.05) is 19.9 Å². The van der Waals surface area contributed by atoms with E-state index in [4.69, 9.17) is 0 Å². The average Bonchev–Trinajstić information content (AvgIpc) is 2.34. The fraction of sp³-hybridized carbons (Fsp3) is 0.538. The van der Waals surface area contributed by atoms with E-state index >= 15 is 0 Å². The van der Waals surface area contributed by atoms with Gasteiger partial charge in [0.2, 0.25) is 0 Å². The van der Waals surface area contributed by atoms with Gasteiger partial charge in [0.05, 0.1) is 9.82 Å². The zero-order valence-electron chi connectivity index (χ0n) is 12.1. The van der Waals surface area contributed by atoms with Gasteiger partial charge in [-0.2, -0.15) is 0 Å². The van der Waals surface area contributed by atoms with Crippen molar-refractivity contribution in [2.24, 2.45) is 5.92 Å². The largest absolute Gasteiger partial charge is 0.316 e. The lowest BCUT2D eigenvalue weighted by Gasteiger charge is -2.20. The van der Waals surface area contributed by atoms with Gasteiger partial charge in [-0.25, -0.2) is 8.42 Å². The molecule has 6 nitrogen and oxygen atoms in total. The van der Waals surface area contributed by atoms with E-state index in [-0.39, 0.29) is 16.6 Å². The van der Waals surface area contributed by atoms with Crippen molar-refractivity contribution in [1.82, 2.24) is 5.32 Å². The van der Waals surface area contributed by atoms with Gasteiger partial charge in [0.1, 0.15) is 0 Å². The van der Waals surface area contributed by atoms with E-state index in [1.807, 2.05) is 13.8 Å². The number of nitrogens with zero attached hydrogens (tertiary/aromatic N) is 1. The van der Waals surface area contributed by atoms with E-state index < -0.39 is 14.8 Å². The minimum Gasteiger partial charge on any atom is -0.316 e. The van der Waals surface area contributed by atoms with Gasteiger partial charge < -0.3 is 5.32 Å². The number of likely N-dealkylation sites (N-methyl/N-ethyl adjacent to an activating group) is 1. The highest BCUT2D eigenvalue weighted by atomic mass is 32.2. The first-order valence-electron chi connectivity index (χ1n) is 6.31. The third-order valence-corrected chi connectivity index (χ3v) is 4.41. The lowest BCUT2D eigenvalue weighted by atomic mass is 9.96. The fourth-order valence-corrected chi connectivity index (χ4v) is 2.67. The first-order chi connectivity index (χ1) is 9.16. The Hall–Kier alpha value is -1.47. The fourth-order valence-electron chi connectivity index (χ4n) is 2.02. The second-order valence-electron chi connectivity index (χ2n) is 5.16. The highest BCUT2D eigenvalue weighted by Gasteiger charge is 2.21. The van der Waals surface area contributed by atoms with Crippen LogP contribution in [-0.2, 0) is 16.3 Å². The zero-order chi connectivity index (χ0) is 15.5. The molecule has 1 N–H and O–H groups in total. The summed E-state index contributed by atoms with van der Waals surface area (Å²) in [5, 5.41) is 14.3. The third kappa shape index (κ3) is 4.01. The molecule has 0 aliphatic carbocycles. The second-order valence-corrected chi connectivity index (χ2v) is 7.18. The number of sulfone groups is 1. The number of nitro benzene ring substituents is 1. The van der Waals surface area contributed by atoms with E-state index in [1.54, 1.807) is 7.05 Å². The van der Waals surface area contributed by atoms with Gasteiger partial charge in [0, 0.05) is 23.9 Å². The molecule has 0 fully saturated rings. The molecule has 0 amide bonds. The maximum Gasteiger partial charge on any atom is 0.273 e. The van der Waals surface area contributed by atoms with Gasteiger partial charge in [0.25, 0.3) is 5.69 Å². The minimum absolute atomic E-state index is 0.0292. The predicted octanol–water partition coefficient (Wildman–Crippen LogP) is 1.78. The molecular formula is C13H20N2O4S. The van der Waals surface area contributed by atoms with Crippen molar-refractivity contribution in [2.75, 3.05) is 13.3 Å². The number of hydrogen-bond donors (Lipinski definition) is 1. The number of benzene rings is 1. The van der Waals surface area contributed by atoms with E-state index in [0.29, 0.717) is 17.9 Å². The van der Waals surface area contributed by atoms with Crippen molar-refractivity contribution in [2.45, 2.75) is 31.2 Å². The molecular weight excluding hydrogens is 280 g/mol. The maximum atomic E-state index is 11.5. The van der Waals surface area contributed by atoms with Crippen LogP contribution in [0.1, 0.15) is 19.4 Å². The zero-order valence-corrected chi connectivity index (χ0v) is 12.9. The lowest BCUT2D eigenvalue weighted by Crippen LogP contribution is -2.32. The molecule has 112 valence electrons. The van der Waals surface area contributed by atoms with Crippen LogP contribution in [-0.4, -0.2) is 32.7 Å². The Kier molecular flexibility index (Phi) is 5.24. The summed E-state index contributed by atoms with van der Waals surface area (Å²) in [5.74, 6) is 0.314. The van der Waals surface area contributed by atoms with E-state index in [0.717, 1.165) is 12.3 Å². The summed E-state index contributed by atoms with van der Waals surface area (Å²) in [4.78, 5) is 10.6. The van der Waals surface area contributed by atoms with Crippen LogP contribution in [0.3, 0.4) is 0 Å². The number of nitrogens with one attached hydrogen (secondary N) is 1. The Morgan fingerprint density at radius 2 is 1.95 bits per heavy atom. The van der Waals surface area contributed by atoms with E-state index in [9.17, 15) is 18.5 Å². The average molecular weight is 300 g/mol. The molecule has 0 bridgehead atoms. The van der Waals surface area contributed by atoms with Crippen LogP contribution in [0.4, 0.5) is 5.69 Å². The first-order valence-corrected chi connectivity index (χ1v) is 8.20. The van der Waals surface area contributed by atoms with Crippen LogP contribution in [0, 0.1) is 16.0 Å². The molecule has 1 unspecified atom stereocenters. The summed E-state index contributed by atoms with van der Waals surface area (Å²) in [6.45, 7) is 4.05. The number of rotatable bonds is 6. The molecule has 1 atom stereocenters. The van der Waals surface area contributed by atoms with Crippen molar-refractivity contribution in [3.05, 3.63) is 33.9 Å². The third-order valence-electron chi connectivity index (χ3n) is 3.30. The predicted molar refractivity (Wildman–Crippen MR) is 77.6 cm³/mol. The maximum absolute atomic E-state index is 11.5. The monoisotopic (exact) mass is 300 g/mol. The van der Waals surface area contributed by atoms with Crippen LogP contribution < -0.4 is 5.32 Å². The molecule has 1 aromatic rings. The summed E-state index contributed by atoms with van der Waals surface area (Å²) < 4.78 is 22.9. The molecule has 0 saturated carbocycles. The summed E-state index contributed by atoms with van der Waals surface area (Å²) in [6.07, 6.45) is 1.52. The van der Waals surface area contributed by atoms with Gasteiger partial charge in [-0.05, 0) is 25.5 Å². The second kappa shape index (κ2) is 6.32. The SMILES string of the molecule is CNC(Cc1ccc(S(C)(=O)=O)cc1[N+](=O)[O-])C(C)C. The highest BCUT2D eigenvalue weighted by Crippen LogP contribution is 2.25. The van der Waals surface area contributed by atoms with Crippen molar-refractivity contribution in [3.63, 3.8) is 0 Å². The van der Waals surface area contributed by atoms with Crippen LogP contribution in [0.2, 0.25) is 0 Å². The number of nitro groups is 1. The van der Waals surface area contributed by atoms with E-state index in [2.05, 4.69) is 5.32 Å². The quantitative estimate of drug-likeness (QED) is 0.639. The van der Waals surface area contributed by atoms with Gasteiger partial charge in [-0.15, -0.1) is 0 Å². The van der Waals surface area contributed by atoms with Crippen molar-refractivity contribution in [1.29, 1.82) is 0 Å². The molecule has 0 saturated heterocycles. The molecule has 0 aliphatic rings. The smallest absolute Gasteiger partial charge is 0.273 e. The Morgan fingerprint density at radius 1 is 1.35 bits per heavy atom. The van der Waals surface area contributed by atoms with Gasteiger partial charge in [0.15, 0.2) is 9.84 Å².